The summed E-state index contributed by atoms with van der Waals surface area (Å²) >= 11 is 3.43. The van der Waals surface area contributed by atoms with Gasteiger partial charge in [-0.3, -0.25) is 10.1 Å². The predicted molar refractivity (Wildman–Crippen MR) is 73.1 cm³/mol. The number of amides is 1. The van der Waals surface area contributed by atoms with Gasteiger partial charge in [0, 0.05) is 27.1 Å². The lowest BCUT2D eigenvalue weighted by molar-refractivity contribution is -0.120. The number of aromatic nitrogens is 1. The summed E-state index contributed by atoms with van der Waals surface area (Å²) in [5.41, 5.74) is 7.60. The normalized spacial score (nSPS) is 19.7. The molecule has 0 spiro atoms. The fraction of sp³-hybridized carbons (Fsp3) is 0.167. The molecule has 1 atom stereocenters. The van der Waals surface area contributed by atoms with Gasteiger partial charge in [-0.15, -0.1) is 0 Å². The highest BCUT2D eigenvalue weighted by molar-refractivity contribution is 9.10. The van der Waals surface area contributed by atoms with E-state index in [2.05, 4.69) is 31.2 Å². The number of benzene rings is 1. The highest BCUT2D eigenvalue weighted by Gasteiger charge is 2.23. The molecule has 18 heavy (non-hydrogen) atoms. The molecule has 1 aromatic carbocycles. The van der Waals surface area contributed by atoms with Crippen LogP contribution in [0.4, 0.5) is 0 Å². The van der Waals surface area contributed by atoms with Gasteiger partial charge < -0.3 is 10.7 Å². The van der Waals surface area contributed by atoms with Gasteiger partial charge in [0.1, 0.15) is 0 Å². The first-order valence-corrected chi connectivity index (χ1v) is 6.32. The third kappa shape index (κ3) is 1.88. The Bertz CT molecular complexity index is 661. The minimum Gasteiger partial charge on any atom is -0.370 e. The van der Waals surface area contributed by atoms with E-state index in [1.54, 1.807) is 0 Å². The Hall–Kier alpha value is -1.82. The molecule has 0 fully saturated rings. The Balaban J connectivity index is 2.09. The third-order valence-corrected chi connectivity index (χ3v) is 3.47. The van der Waals surface area contributed by atoms with Crippen LogP contribution < -0.4 is 11.1 Å². The van der Waals surface area contributed by atoms with E-state index in [0.29, 0.717) is 6.42 Å². The van der Waals surface area contributed by atoms with Gasteiger partial charge in [-0.25, -0.2) is 4.99 Å². The number of aromatic amines is 1. The number of carbonyl (C=O) groups is 1. The Morgan fingerprint density at radius 3 is 3.06 bits per heavy atom. The zero-order chi connectivity index (χ0) is 12.7. The molecular weight excluding hydrogens is 296 g/mol. The van der Waals surface area contributed by atoms with E-state index >= 15 is 0 Å². The van der Waals surface area contributed by atoms with Gasteiger partial charge in [-0.1, -0.05) is 22.0 Å². The van der Waals surface area contributed by atoms with Crippen LogP contribution in [0.3, 0.4) is 0 Å². The van der Waals surface area contributed by atoms with Gasteiger partial charge in [0.25, 0.3) is 0 Å². The number of carbonyl (C=O) groups excluding carboxylic acids is 1. The van der Waals surface area contributed by atoms with Crippen molar-refractivity contribution in [2.75, 3.05) is 0 Å². The first-order chi connectivity index (χ1) is 8.63. The molecule has 2 aromatic rings. The van der Waals surface area contributed by atoms with Gasteiger partial charge in [-0.2, -0.15) is 0 Å². The first kappa shape index (κ1) is 11.3. The second-order valence-corrected chi connectivity index (χ2v) is 5.13. The number of guanidine groups is 1. The second-order valence-electron chi connectivity index (χ2n) is 4.22. The number of nitrogens with zero attached hydrogens (tertiary/aromatic N) is 1. The minimum absolute atomic E-state index is 0.0982. The molecule has 92 valence electrons. The van der Waals surface area contributed by atoms with Crippen molar-refractivity contribution in [3.63, 3.8) is 0 Å². The van der Waals surface area contributed by atoms with Gasteiger partial charge in [0.15, 0.2) is 5.96 Å². The maximum atomic E-state index is 11.5. The summed E-state index contributed by atoms with van der Waals surface area (Å²) in [7, 11) is 0. The number of hydrogen-bond acceptors (Lipinski definition) is 3. The van der Waals surface area contributed by atoms with Crippen molar-refractivity contribution in [1.29, 1.82) is 0 Å². The monoisotopic (exact) mass is 306 g/mol. The van der Waals surface area contributed by atoms with Crippen molar-refractivity contribution >= 4 is 38.7 Å². The zero-order valence-corrected chi connectivity index (χ0v) is 11.0. The fourth-order valence-corrected chi connectivity index (χ4v) is 2.55. The van der Waals surface area contributed by atoms with Crippen LogP contribution in [0.15, 0.2) is 33.9 Å². The largest absolute Gasteiger partial charge is 0.370 e. The van der Waals surface area contributed by atoms with Crippen molar-refractivity contribution in [3.05, 3.63) is 34.4 Å². The maximum Gasteiger partial charge on any atom is 0.229 e. The van der Waals surface area contributed by atoms with Crippen LogP contribution in [0.2, 0.25) is 0 Å². The van der Waals surface area contributed by atoms with E-state index in [1.165, 1.54) is 0 Å². The summed E-state index contributed by atoms with van der Waals surface area (Å²) < 4.78 is 1.01. The molecule has 1 aliphatic rings. The average Bonchev–Trinajstić information content (AvgIpc) is 2.70. The Morgan fingerprint density at radius 1 is 1.44 bits per heavy atom. The van der Waals surface area contributed by atoms with Gasteiger partial charge >= 0.3 is 0 Å². The van der Waals surface area contributed by atoms with Crippen LogP contribution in [0, 0.1) is 0 Å². The van der Waals surface area contributed by atoms with Crippen molar-refractivity contribution in [2.45, 2.75) is 12.5 Å². The highest BCUT2D eigenvalue weighted by Crippen LogP contribution is 2.31. The topological polar surface area (TPSA) is 83.3 Å². The standard InChI is InChI=1S/C12H11BrN4O/c13-6-1-2-7-8(5-15-9(7)3-6)10-4-11(18)17-12(14)16-10/h1-3,5,10,15H,4H2,(H3,14,16,17,18). The number of aliphatic imine (C=N–C) groups is 1. The smallest absolute Gasteiger partial charge is 0.229 e. The van der Waals surface area contributed by atoms with Crippen LogP contribution in [0.1, 0.15) is 18.0 Å². The molecule has 1 aliphatic heterocycles. The molecule has 0 radical (unpaired) electrons. The molecular formula is C12H11BrN4O. The molecule has 0 saturated heterocycles. The quantitative estimate of drug-likeness (QED) is 0.751. The molecule has 6 heteroatoms. The number of halogens is 1. The summed E-state index contributed by atoms with van der Waals surface area (Å²) in [6.45, 7) is 0. The first-order valence-electron chi connectivity index (χ1n) is 5.53. The average molecular weight is 307 g/mol. The minimum atomic E-state index is -0.214. The number of nitrogens with one attached hydrogen (secondary N) is 2. The Kier molecular flexibility index (Phi) is 2.59. The van der Waals surface area contributed by atoms with Gasteiger partial charge in [0.2, 0.25) is 5.91 Å². The van der Waals surface area contributed by atoms with E-state index in [9.17, 15) is 4.79 Å². The van der Waals surface area contributed by atoms with Crippen LogP contribution >= 0.6 is 15.9 Å². The lowest BCUT2D eigenvalue weighted by Crippen LogP contribution is -2.41. The summed E-state index contributed by atoms with van der Waals surface area (Å²) in [5, 5.41) is 3.56. The lowest BCUT2D eigenvalue weighted by Gasteiger charge is -2.18. The molecule has 0 saturated carbocycles. The molecule has 1 amide bonds. The summed E-state index contributed by atoms with van der Waals surface area (Å²) in [5.74, 6) is 0.0849. The number of H-pyrrole nitrogens is 1. The number of fused-ring (bicyclic) bond motifs is 1. The van der Waals surface area contributed by atoms with Gasteiger partial charge in [-0.05, 0) is 12.1 Å². The maximum absolute atomic E-state index is 11.5. The molecule has 2 heterocycles. The van der Waals surface area contributed by atoms with Crippen molar-refractivity contribution < 1.29 is 4.79 Å². The fourth-order valence-electron chi connectivity index (χ4n) is 2.19. The van der Waals surface area contributed by atoms with E-state index in [1.807, 2.05) is 24.4 Å². The van der Waals surface area contributed by atoms with Crippen LogP contribution in [-0.4, -0.2) is 16.9 Å². The summed E-state index contributed by atoms with van der Waals surface area (Å²) in [6, 6.07) is 5.75. The number of rotatable bonds is 1. The molecule has 3 rings (SSSR count). The van der Waals surface area contributed by atoms with Crippen molar-refractivity contribution in [3.8, 4) is 0 Å². The van der Waals surface area contributed by atoms with E-state index in [-0.39, 0.29) is 17.9 Å². The SMILES string of the molecule is NC1=NC(c2c[nH]c3cc(Br)ccc23)CC(=O)N1. The predicted octanol–water partition coefficient (Wildman–Crippen LogP) is 1.81. The van der Waals surface area contributed by atoms with E-state index in [0.717, 1.165) is 20.9 Å². The van der Waals surface area contributed by atoms with E-state index in [4.69, 9.17) is 5.73 Å². The van der Waals surface area contributed by atoms with Crippen LogP contribution in [-0.2, 0) is 4.79 Å². The molecule has 1 unspecified atom stereocenters. The van der Waals surface area contributed by atoms with Crippen molar-refractivity contribution in [1.82, 2.24) is 10.3 Å². The van der Waals surface area contributed by atoms with Crippen molar-refractivity contribution in [2.24, 2.45) is 10.7 Å². The second kappa shape index (κ2) is 4.13. The number of hydrogen-bond donors (Lipinski definition) is 3. The molecule has 0 bridgehead atoms. The molecule has 1 aromatic heterocycles. The zero-order valence-electron chi connectivity index (χ0n) is 9.40. The highest BCUT2D eigenvalue weighted by atomic mass is 79.9. The summed E-state index contributed by atoms with van der Waals surface area (Å²) in [6.07, 6.45) is 2.21. The molecule has 0 aliphatic carbocycles. The van der Waals surface area contributed by atoms with Gasteiger partial charge in [0.05, 0.1) is 12.5 Å². The Morgan fingerprint density at radius 2 is 2.28 bits per heavy atom. The molecule has 4 N–H and O–H groups in total. The van der Waals surface area contributed by atoms with E-state index < -0.39 is 0 Å². The molecule has 5 nitrogen and oxygen atoms in total. The number of nitrogens with two attached hydrogens (primary N) is 1. The Labute approximate surface area is 112 Å². The van der Waals surface area contributed by atoms with Crippen LogP contribution in [0.5, 0.6) is 0 Å². The third-order valence-electron chi connectivity index (χ3n) is 2.98. The van der Waals surface area contributed by atoms with Crippen LogP contribution in [0.25, 0.3) is 10.9 Å². The lowest BCUT2D eigenvalue weighted by atomic mass is 10.0. The summed E-state index contributed by atoms with van der Waals surface area (Å²) in [4.78, 5) is 18.9.